The van der Waals surface area contributed by atoms with Gasteiger partial charge in [-0.05, 0) is 30.5 Å². The first-order valence-electron chi connectivity index (χ1n) is 9.10. The lowest BCUT2D eigenvalue weighted by molar-refractivity contribution is -0.160. The van der Waals surface area contributed by atoms with Crippen molar-refractivity contribution in [2.75, 3.05) is 13.1 Å². The maximum atomic E-state index is 12.8. The second kappa shape index (κ2) is 9.30. The fourth-order valence-corrected chi connectivity index (χ4v) is 3.12. The van der Waals surface area contributed by atoms with Crippen molar-refractivity contribution in [3.8, 4) is 5.75 Å². The summed E-state index contributed by atoms with van der Waals surface area (Å²) in [6, 6.07) is 14.6. The van der Waals surface area contributed by atoms with Gasteiger partial charge in [0, 0.05) is 18.7 Å². The fourth-order valence-electron chi connectivity index (χ4n) is 3.12. The van der Waals surface area contributed by atoms with Gasteiger partial charge in [0.25, 0.3) is 5.91 Å². The first-order chi connectivity index (χ1) is 13.5. The van der Waals surface area contributed by atoms with Crippen molar-refractivity contribution in [2.45, 2.75) is 32.0 Å². The molecule has 0 spiro atoms. The third kappa shape index (κ3) is 5.28. The standard InChI is InChI=1S/C21H21F2NO4/c22-21(23)27-17-10-8-15(9-11-17)14-18(25)28-19(16-6-2-1-3-7-16)20(26)24-12-4-5-13-24/h1-3,6-11,19,21H,4-5,12-14H2. The minimum Gasteiger partial charge on any atom is -0.447 e. The number of alkyl halides is 2. The van der Waals surface area contributed by atoms with E-state index in [2.05, 4.69) is 4.74 Å². The van der Waals surface area contributed by atoms with Crippen LogP contribution < -0.4 is 4.74 Å². The molecule has 3 rings (SSSR count). The maximum absolute atomic E-state index is 12.8. The zero-order valence-electron chi connectivity index (χ0n) is 15.2. The van der Waals surface area contributed by atoms with E-state index < -0.39 is 18.7 Å². The molecular weight excluding hydrogens is 368 g/mol. The minimum atomic E-state index is -2.90. The average Bonchev–Trinajstić information content (AvgIpc) is 3.22. The zero-order valence-corrected chi connectivity index (χ0v) is 15.2. The Morgan fingerprint density at radius 3 is 2.21 bits per heavy atom. The van der Waals surface area contributed by atoms with Crippen LogP contribution in [0.15, 0.2) is 54.6 Å². The van der Waals surface area contributed by atoms with E-state index in [1.54, 1.807) is 29.2 Å². The summed E-state index contributed by atoms with van der Waals surface area (Å²) in [5.74, 6) is -0.778. The lowest BCUT2D eigenvalue weighted by Gasteiger charge is -2.23. The molecule has 5 nitrogen and oxygen atoms in total. The van der Waals surface area contributed by atoms with Crippen LogP contribution >= 0.6 is 0 Å². The zero-order chi connectivity index (χ0) is 19.9. The number of carbonyl (C=O) groups excluding carboxylic acids is 2. The van der Waals surface area contributed by atoms with Crippen molar-refractivity contribution in [2.24, 2.45) is 0 Å². The lowest BCUT2D eigenvalue weighted by atomic mass is 10.1. The molecule has 148 valence electrons. The Morgan fingerprint density at radius 1 is 0.964 bits per heavy atom. The summed E-state index contributed by atoms with van der Waals surface area (Å²) >= 11 is 0. The third-order valence-electron chi connectivity index (χ3n) is 4.49. The molecule has 28 heavy (non-hydrogen) atoms. The molecule has 1 unspecified atom stereocenters. The highest BCUT2D eigenvalue weighted by atomic mass is 19.3. The van der Waals surface area contributed by atoms with Gasteiger partial charge in [0.1, 0.15) is 5.75 Å². The van der Waals surface area contributed by atoms with Gasteiger partial charge >= 0.3 is 12.6 Å². The van der Waals surface area contributed by atoms with Crippen LogP contribution in [0.25, 0.3) is 0 Å². The first-order valence-corrected chi connectivity index (χ1v) is 9.10. The van der Waals surface area contributed by atoms with E-state index >= 15 is 0 Å². The smallest absolute Gasteiger partial charge is 0.387 e. The van der Waals surface area contributed by atoms with Crippen LogP contribution in [0.3, 0.4) is 0 Å². The quantitative estimate of drug-likeness (QED) is 0.677. The Labute approximate surface area is 161 Å². The first kappa shape index (κ1) is 19.8. The number of ether oxygens (including phenoxy) is 2. The van der Waals surface area contributed by atoms with Gasteiger partial charge in [-0.1, -0.05) is 42.5 Å². The third-order valence-corrected chi connectivity index (χ3v) is 4.49. The Morgan fingerprint density at radius 2 is 1.61 bits per heavy atom. The topological polar surface area (TPSA) is 55.8 Å². The maximum Gasteiger partial charge on any atom is 0.387 e. The summed E-state index contributed by atoms with van der Waals surface area (Å²) in [4.78, 5) is 27.0. The number of rotatable bonds is 7. The number of likely N-dealkylation sites (tertiary alicyclic amines) is 1. The normalized spacial score (nSPS) is 14.8. The predicted molar refractivity (Wildman–Crippen MR) is 97.9 cm³/mol. The van der Waals surface area contributed by atoms with Gasteiger partial charge in [-0.2, -0.15) is 8.78 Å². The van der Waals surface area contributed by atoms with Gasteiger partial charge in [0.15, 0.2) is 0 Å². The monoisotopic (exact) mass is 389 g/mol. The highest BCUT2D eigenvalue weighted by Gasteiger charge is 2.30. The van der Waals surface area contributed by atoms with E-state index in [9.17, 15) is 18.4 Å². The number of carbonyl (C=O) groups is 2. The van der Waals surface area contributed by atoms with Crippen molar-refractivity contribution in [1.82, 2.24) is 4.90 Å². The summed E-state index contributed by atoms with van der Waals surface area (Å²) in [7, 11) is 0. The van der Waals surface area contributed by atoms with E-state index in [0.717, 1.165) is 12.8 Å². The highest BCUT2D eigenvalue weighted by Crippen LogP contribution is 2.24. The number of halogens is 2. The molecule has 0 aromatic heterocycles. The molecule has 1 saturated heterocycles. The number of benzene rings is 2. The number of nitrogens with zero attached hydrogens (tertiary/aromatic N) is 1. The number of hydrogen-bond donors (Lipinski definition) is 0. The number of hydrogen-bond acceptors (Lipinski definition) is 4. The van der Waals surface area contributed by atoms with E-state index in [4.69, 9.17) is 4.74 Å². The van der Waals surface area contributed by atoms with E-state index in [-0.39, 0.29) is 18.1 Å². The van der Waals surface area contributed by atoms with E-state index in [0.29, 0.717) is 24.2 Å². The Balaban J connectivity index is 1.68. The largest absolute Gasteiger partial charge is 0.447 e. The van der Waals surface area contributed by atoms with E-state index in [1.165, 1.54) is 24.3 Å². The predicted octanol–water partition coefficient (Wildman–Crippen LogP) is 3.74. The average molecular weight is 389 g/mol. The molecular formula is C21H21F2NO4. The summed E-state index contributed by atoms with van der Waals surface area (Å²) in [6.45, 7) is -1.59. The van der Waals surface area contributed by atoms with Crippen LogP contribution in [-0.4, -0.2) is 36.5 Å². The van der Waals surface area contributed by atoms with Crippen LogP contribution in [0.2, 0.25) is 0 Å². The lowest BCUT2D eigenvalue weighted by Crippen LogP contribution is -2.35. The number of esters is 1. The highest BCUT2D eigenvalue weighted by molar-refractivity contribution is 5.85. The molecule has 0 radical (unpaired) electrons. The molecule has 1 amide bonds. The molecule has 0 N–H and O–H groups in total. The van der Waals surface area contributed by atoms with Crippen molar-refractivity contribution >= 4 is 11.9 Å². The van der Waals surface area contributed by atoms with Gasteiger partial charge in [0.2, 0.25) is 6.10 Å². The van der Waals surface area contributed by atoms with E-state index in [1.807, 2.05) is 6.07 Å². The summed E-state index contributed by atoms with van der Waals surface area (Å²) in [6.07, 6.45) is 0.807. The molecule has 1 fully saturated rings. The van der Waals surface area contributed by atoms with Gasteiger partial charge in [0.05, 0.1) is 6.42 Å². The molecule has 1 aliphatic heterocycles. The second-order valence-electron chi connectivity index (χ2n) is 6.51. The molecule has 7 heteroatoms. The summed E-state index contributed by atoms with van der Waals surface area (Å²) in [5.41, 5.74) is 1.19. The Hall–Kier alpha value is -2.96. The minimum absolute atomic E-state index is 0.0125. The fraction of sp³-hybridized carbons (Fsp3) is 0.333. The van der Waals surface area contributed by atoms with Crippen LogP contribution in [0.4, 0.5) is 8.78 Å². The van der Waals surface area contributed by atoms with Crippen LogP contribution in [-0.2, 0) is 20.7 Å². The van der Waals surface area contributed by atoms with Crippen molar-refractivity contribution in [3.63, 3.8) is 0 Å². The molecule has 1 atom stereocenters. The second-order valence-corrected chi connectivity index (χ2v) is 6.51. The van der Waals surface area contributed by atoms with Crippen LogP contribution in [0, 0.1) is 0 Å². The van der Waals surface area contributed by atoms with Crippen LogP contribution in [0.1, 0.15) is 30.1 Å². The van der Waals surface area contributed by atoms with Crippen molar-refractivity contribution in [3.05, 3.63) is 65.7 Å². The molecule has 0 bridgehead atoms. The molecule has 1 heterocycles. The molecule has 2 aromatic rings. The molecule has 0 saturated carbocycles. The molecule has 1 aliphatic rings. The van der Waals surface area contributed by atoms with Crippen molar-refractivity contribution < 1.29 is 27.8 Å². The van der Waals surface area contributed by atoms with Gasteiger partial charge in [-0.15, -0.1) is 0 Å². The summed E-state index contributed by atoms with van der Waals surface area (Å²) < 4.78 is 34.2. The molecule has 2 aromatic carbocycles. The summed E-state index contributed by atoms with van der Waals surface area (Å²) in [5, 5.41) is 0. The SMILES string of the molecule is O=C(Cc1ccc(OC(F)F)cc1)OC(C(=O)N1CCCC1)c1ccccc1. The van der Waals surface area contributed by atoms with Crippen molar-refractivity contribution in [1.29, 1.82) is 0 Å². The Kier molecular flexibility index (Phi) is 6.57. The Bertz CT molecular complexity index is 790. The van der Waals surface area contributed by atoms with Gasteiger partial charge in [-0.3, -0.25) is 9.59 Å². The number of amides is 1. The van der Waals surface area contributed by atoms with Crippen LogP contribution in [0.5, 0.6) is 5.75 Å². The molecule has 0 aliphatic carbocycles. The van der Waals surface area contributed by atoms with Gasteiger partial charge < -0.3 is 14.4 Å². The van der Waals surface area contributed by atoms with Gasteiger partial charge in [-0.25, -0.2) is 0 Å².